The van der Waals surface area contributed by atoms with Crippen LogP contribution in [0, 0.1) is 5.92 Å². The third-order valence-electron chi connectivity index (χ3n) is 2.52. The molecule has 2 N–H and O–H groups in total. The van der Waals surface area contributed by atoms with Crippen LogP contribution in [0.2, 0.25) is 0 Å². The predicted molar refractivity (Wildman–Crippen MR) is 64.9 cm³/mol. The molecule has 0 saturated heterocycles. The number of rotatable bonds is 6. The second kappa shape index (κ2) is 6.47. The molecule has 5 nitrogen and oxygen atoms in total. The van der Waals surface area contributed by atoms with Crippen LogP contribution in [0.5, 0.6) is 0 Å². The van der Waals surface area contributed by atoms with E-state index in [-0.39, 0.29) is 5.92 Å². The number of hydrogen-bond acceptors (Lipinski definition) is 3. The number of hydrogen-bond donors (Lipinski definition) is 2. The first kappa shape index (κ1) is 15.7. The molecule has 0 spiro atoms. The smallest absolute Gasteiger partial charge is 0.408 e. The van der Waals surface area contributed by atoms with Gasteiger partial charge in [0.2, 0.25) is 0 Å². The quantitative estimate of drug-likeness (QED) is 0.753. The average molecular weight is 245 g/mol. The van der Waals surface area contributed by atoms with Gasteiger partial charge >= 0.3 is 12.1 Å². The summed E-state index contributed by atoms with van der Waals surface area (Å²) in [6.45, 7) is 9.27. The topological polar surface area (TPSA) is 75.6 Å². The molecule has 5 heteroatoms. The number of carbonyl (C=O) groups excluding carboxylic acids is 1. The first-order valence-corrected chi connectivity index (χ1v) is 5.90. The molecule has 0 aromatic carbocycles. The van der Waals surface area contributed by atoms with Crippen molar-refractivity contribution in [2.45, 2.75) is 59.1 Å². The third-order valence-corrected chi connectivity index (χ3v) is 2.52. The summed E-state index contributed by atoms with van der Waals surface area (Å²) in [7, 11) is 0. The molecule has 0 aromatic rings. The summed E-state index contributed by atoms with van der Waals surface area (Å²) in [4.78, 5) is 22.5. The molecular weight excluding hydrogens is 222 g/mol. The van der Waals surface area contributed by atoms with Gasteiger partial charge in [0, 0.05) is 0 Å². The summed E-state index contributed by atoms with van der Waals surface area (Å²) in [5, 5.41) is 11.3. The van der Waals surface area contributed by atoms with Gasteiger partial charge in [-0.3, -0.25) is 0 Å². The van der Waals surface area contributed by atoms with E-state index in [1.807, 2.05) is 20.8 Å². The lowest BCUT2D eigenvalue weighted by Gasteiger charge is -2.25. The highest BCUT2D eigenvalue weighted by atomic mass is 16.6. The van der Waals surface area contributed by atoms with Crippen molar-refractivity contribution < 1.29 is 19.4 Å². The molecule has 0 bridgehead atoms. The fourth-order valence-electron chi connectivity index (χ4n) is 1.19. The summed E-state index contributed by atoms with van der Waals surface area (Å²) in [6.07, 6.45) is 0.379. The van der Waals surface area contributed by atoms with Gasteiger partial charge in [0.15, 0.2) is 0 Å². The Labute approximate surface area is 103 Å². The van der Waals surface area contributed by atoms with Crippen molar-refractivity contribution in [3.05, 3.63) is 0 Å². The van der Waals surface area contributed by atoms with Crippen LogP contribution in [0.3, 0.4) is 0 Å². The number of amides is 1. The molecule has 0 unspecified atom stereocenters. The van der Waals surface area contributed by atoms with Crippen LogP contribution in [-0.2, 0) is 9.53 Å². The highest BCUT2D eigenvalue weighted by molar-refractivity contribution is 5.79. The summed E-state index contributed by atoms with van der Waals surface area (Å²) in [5.41, 5.74) is -0.578. The van der Waals surface area contributed by atoms with E-state index >= 15 is 0 Å². The van der Waals surface area contributed by atoms with Crippen molar-refractivity contribution >= 4 is 12.1 Å². The van der Waals surface area contributed by atoms with Crippen LogP contribution in [0.25, 0.3) is 0 Å². The minimum atomic E-state index is -1.04. The molecule has 1 atom stereocenters. The first-order valence-electron chi connectivity index (χ1n) is 5.90. The minimum absolute atomic E-state index is 0.190. The summed E-state index contributed by atoms with van der Waals surface area (Å²) < 4.78 is 5.14. The van der Waals surface area contributed by atoms with Crippen LogP contribution in [-0.4, -0.2) is 28.8 Å². The normalized spacial score (nSPS) is 13.3. The summed E-state index contributed by atoms with van der Waals surface area (Å²) in [5.74, 6) is -0.847. The number of carbonyl (C=O) groups is 2. The number of alkyl carbamates (subject to hydrolysis) is 1. The molecule has 0 radical (unpaired) electrons. The fraction of sp³-hybridized carbons (Fsp3) is 0.833. The van der Waals surface area contributed by atoms with Gasteiger partial charge in [-0.25, -0.2) is 9.59 Å². The van der Waals surface area contributed by atoms with Crippen molar-refractivity contribution in [2.24, 2.45) is 5.92 Å². The SMILES string of the molecule is CCC(C)(C)OC(=O)N[C@@H](CC(C)C)C(=O)O. The zero-order valence-corrected chi connectivity index (χ0v) is 11.2. The van der Waals surface area contributed by atoms with Crippen LogP contribution >= 0.6 is 0 Å². The van der Waals surface area contributed by atoms with Crippen LogP contribution in [0.1, 0.15) is 47.5 Å². The second-order valence-corrected chi connectivity index (χ2v) is 5.17. The number of aliphatic carboxylic acids is 1. The van der Waals surface area contributed by atoms with Crippen LogP contribution in [0.4, 0.5) is 4.79 Å². The fourth-order valence-corrected chi connectivity index (χ4v) is 1.19. The zero-order valence-electron chi connectivity index (χ0n) is 11.2. The Morgan fingerprint density at radius 2 is 1.88 bits per heavy atom. The first-order chi connectivity index (χ1) is 7.68. The lowest BCUT2D eigenvalue weighted by atomic mass is 10.0. The standard InChI is InChI=1S/C12H23NO4/c1-6-12(4,5)17-11(16)13-9(10(14)15)7-8(2)3/h8-9H,6-7H2,1-5H3,(H,13,16)(H,14,15)/t9-/m0/s1. The largest absolute Gasteiger partial charge is 0.480 e. The summed E-state index contributed by atoms with van der Waals surface area (Å²) >= 11 is 0. The van der Waals surface area contributed by atoms with Gasteiger partial charge in [-0.1, -0.05) is 20.8 Å². The van der Waals surface area contributed by atoms with E-state index in [4.69, 9.17) is 9.84 Å². The van der Waals surface area contributed by atoms with Crippen molar-refractivity contribution in [2.75, 3.05) is 0 Å². The molecule has 1 amide bonds. The number of carboxylic acids is 1. The Kier molecular flexibility index (Phi) is 5.99. The molecule has 100 valence electrons. The molecule has 0 rings (SSSR count). The molecule has 0 aliphatic carbocycles. The van der Waals surface area contributed by atoms with E-state index in [2.05, 4.69) is 5.32 Å². The molecule has 0 aliphatic heterocycles. The number of nitrogens with one attached hydrogen (secondary N) is 1. The Bertz CT molecular complexity index is 274. The number of ether oxygens (including phenoxy) is 1. The lowest BCUT2D eigenvalue weighted by Crippen LogP contribution is -2.44. The van der Waals surface area contributed by atoms with E-state index in [1.165, 1.54) is 0 Å². The van der Waals surface area contributed by atoms with Gasteiger partial charge in [0.25, 0.3) is 0 Å². The maximum absolute atomic E-state index is 11.5. The maximum atomic E-state index is 11.5. The van der Waals surface area contributed by atoms with Gasteiger partial charge in [0.1, 0.15) is 11.6 Å². The third kappa shape index (κ3) is 6.81. The van der Waals surface area contributed by atoms with Crippen molar-refractivity contribution in [3.63, 3.8) is 0 Å². The van der Waals surface area contributed by atoms with E-state index in [0.29, 0.717) is 12.8 Å². The van der Waals surface area contributed by atoms with Gasteiger partial charge in [-0.2, -0.15) is 0 Å². The maximum Gasteiger partial charge on any atom is 0.408 e. The van der Waals surface area contributed by atoms with Crippen molar-refractivity contribution in [3.8, 4) is 0 Å². The lowest BCUT2D eigenvalue weighted by molar-refractivity contribution is -0.139. The van der Waals surface area contributed by atoms with Crippen LogP contribution < -0.4 is 5.32 Å². The molecule has 0 aliphatic rings. The average Bonchev–Trinajstić information content (AvgIpc) is 2.15. The van der Waals surface area contributed by atoms with E-state index in [1.54, 1.807) is 13.8 Å². The highest BCUT2D eigenvalue weighted by Crippen LogP contribution is 2.14. The van der Waals surface area contributed by atoms with Gasteiger partial charge in [0.05, 0.1) is 0 Å². The van der Waals surface area contributed by atoms with Crippen LogP contribution in [0.15, 0.2) is 0 Å². The minimum Gasteiger partial charge on any atom is -0.480 e. The van der Waals surface area contributed by atoms with E-state index in [9.17, 15) is 9.59 Å². The molecule has 0 aromatic heterocycles. The molecule has 17 heavy (non-hydrogen) atoms. The molecule has 0 fully saturated rings. The van der Waals surface area contributed by atoms with Gasteiger partial charge in [-0.15, -0.1) is 0 Å². The Hall–Kier alpha value is -1.26. The Morgan fingerprint density at radius 1 is 1.35 bits per heavy atom. The Morgan fingerprint density at radius 3 is 2.24 bits per heavy atom. The predicted octanol–water partition coefficient (Wildman–Crippen LogP) is 2.40. The van der Waals surface area contributed by atoms with Gasteiger partial charge < -0.3 is 15.2 Å². The second-order valence-electron chi connectivity index (χ2n) is 5.17. The zero-order chi connectivity index (χ0) is 13.6. The highest BCUT2D eigenvalue weighted by Gasteiger charge is 2.25. The van der Waals surface area contributed by atoms with E-state index in [0.717, 1.165) is 0 Å². The molecule has 0 heterocycles. The molecular formula is C12H23NO4. The number of carboxylic acid groups (broad SMARTS) is 1. The molecule has 0 saturated carbocycles. The Balaban J connectivity index is 4.37. The van der Waals surface area contributed by atoms with E-state index < -0.39 is 23.7 Å². The van der Waals surface area contributed by atoms with Gasteiger partial charge in [-0.05, 0) is 32.6 Å². The summed E-state index contributed by atoms with van der Waals surface area (Å²) in [6, 6.07) is -0.893. The van der Waals surface area contributed by atoms with Crippen molar-refractivity contribution in [1.29, 1.82) is 0 Å². The van der Waals surface area contributed by atoms with Crippen molar-refractivity contribution in [1.82, 2.24) is 5.32 Å². The monoisotopic (exact) mass is 245 g/mol.